The van der Waals surface area contributed by atoms with Gasteiger partial charge in [-0.3, -0.25) is 4.57 Å². The fourth-order valence-corrected chi connectivity index (χ4v) is 9.84. The van der Waals surface area contributed by atoms with Crippen molar-refractivity contribution in [1.29, 1.82) is 0 Å². The van der Waals surface area contributed by atoms with Crippen LogP contribution < -0.4 is 14.5 Å². The van der Waals surface area contributed by atoms with Gasteiger partial charge in [0.1, 0.15) is 24.0 Å². The summed E-state index contributed by atoms with van der Waals surface area (Å²) in [6.45, 7) is 7.15. The number of ether oxygens (including phenoxy) is 1. The molecule has 2 aliphatic heterocycles. The van der Waals surface area contributed by atoms with Gasteiger partial charge in [0.15, 0.2) is 0 Å². The smallest absolute Gasteiger partial charge is 0.138 e. The SMILES string of the molecule is [2H]c1c([2H])c([2H])c(-c2c([2H])c([2H])c3c(c2[2H])c2c([2H])c([2H])c4cc2n3-c2cccc(n2)-c2cccc(c2)-c2ccccc2-c2cc(C(C)(C)C)cc(-c3ccccc3)c2N2CN(c3cccc(c3)O4)c3ccccc32)c([2H])c1[2H]. The van der Waals surface area contributed by atoms with Crippen molar-refractivity contribution >= 4 is 44.6 Å². The third-order valence-electron chi connectivity index (χ3n) is 13.2. The predicted octanol–water partition coefficient (Wildman–Crippen LogP) is 17.2. The second-order valence-electron chi connectivity index (χ2n) is 18.5. The van der Waals surface area contributed by atoms with Crippen LogP contribution in [0.25, 0.3) is 83.4 Å². The first kappa shape index (κ1) is 31.3. The van der Waals surface area contributed by atoms with Crippen LogP contribution in [-0.2, 0) is 5.41 Å². The van der Waals surface area contributed by atoms with Crippen LogP contribution >= 0.6 is 0 Å². The fraction of sp³-hybridized carbons (Fsp3) is 0.0781. The van der Waals surface area contributed by atoms with E-state index in [1.54, 1.807) is 22.8 Å². The predicted molar refractivity (Wildman–Crippen MR) is 287 cm³/mol. The maximum atomic E-state index is 9.82. The number of rotatable bonds is 2. The van der Waals surface area contributed by atoms with Crippen LogP contribution in [0.3, 0.4) is 0 Å². The van der Waals surface area contributed by atoms with E-state index in [1.807, 2.05) is 54.6 Å². The zero-order valence-corrected chi connectivity index (χ0v) is 38.0. The van der Waals surface area contributed by atoms with Gasteiger partial charge >= 0.3 is 0 Å². The lowest BCUT2D eigenvalue weighted by Gasteiger charge is -2.31. The number of hydrogen-bond donors (Lipinski definition) is 0. The largest absolute Gasteiger partial charge is 0.457 e. The summed E-state index contributed by atoms with van der Waals surface area (Å²) < 4.78 is 99.5. The van der Waals surface area contributed by atoms with Crippen LogP contribution in [0.1, 0.15) is 40.0 Å². The van der Waals surface area contributed by atoms with Gasteiger partial charge in [-0.25, -0.2) is 4.98 Å². The number of fused-ring (bicyclic) bond motifs is 23. The zero-order chi connectivity index (χ0) is 54.9. The topological polar surface area (TPSA) is 33.5 Å². The number of nitrogens with zero attached hydrogens (tertiary/aromatic N) is 4. The Balaban J connectivity index is 1.12. The van der Waals surface area contributed by atoms with Gasteiger partial charge in [-0.15, -0.1) is 0 Å². The molecule has 9 aromatic carbocycles. The summed E-state index contributed by atoms with van der Waals surface area (Å²) in [5, 5.41) is 0.0444. The molecule has 330 valence electrons. The monoisotopic (exact) mass is 898 g/mol. The molecule has 10 bridgehead atoms. The molecule has 0 unspecified atom stereocenters. The van der Waals surface area contributed by atoms with E-state index in [9.17, 15) is 6.85 Å². The summed E-state index contributed by atoms with van der Waals surface area (Å²) in [5.74, 6) is 0.651. The Kier molecular flexibility index (Phi) is 7.26. The molecule has 0 atom stereocenters. The molecule has 0 saturated heterocycles. The molecular weight excluding hydrogens is 841 g/mol. The van der Waals surface area contributed by atoms with Crippen LogP contribution in [0, 0.1) is 0 Å². The van der Waals surface area contributed by atoms with Gasteiger partial charge in [-0.1, -0.05) is 154 Å². The van der Waals surface area contributed by atoms with E-state index in [0.29, 0.717) is 18.1 Å². The molecule has 4 heterocycles. The minimum absolute atomic E-state index is 0.000695. The lowest BCUT2D eigenvalue weighted by molar-refractivity contribution is 0.483. The van der Waals surface area contributed by atoms with E-state index in [0.717, 1.165) is 61.7 Å². The normalized spacial score (nSPS) is 14.9. The van der Waals surface area contributed by atoms with Gasteiger partial charge in [0.2, 0.25) is 0 Å². The highest BCUT2D eigenvalue weighted by Crippen LogP contribution is 2.53. The van der Waals surface area contributed by atoms with Crippen molar-refractivity contribution in [3.05, 3.63) is 230 Å². The second kappa shape index (κ2) is 16.0. The molecule has 0 fully saturated rings. The van der Waals surface area contributed by atoms with E-state index in [2.05, 4.69) is 122 Å². The number of aromatic nitrogens is 2. The highest BCUT2D eigenvalue weighted by Gasteiger charge is 2.33. The maximum Gasteiger partial charge on any atom is 0.138 e. The van der Waals surface area contributed by atoms with Crippen molar-refractivity contribution in [1.82, 2.24) is 9.55 Å². The lowest BCUT2D eigenvalue weighted by Crippen LogP contribution is -2.25. The average molecular weight is 899 g/mol. The summed E-state index contributed by atoms with van der Waals surface area (Å²) in [6, 6.07) is 49.6. The van der Waals surface area contributed by atoms with Crippen molar-refractivity contribution in [2.45, 2.75) is 26.2 Å². The minimum atomic E-state index is -0.655. The van der Waals surface area contributed by atoms with E-state index < -0.39 is 53.9 Å². The molecule has 0 radical (unpaired) electrons. The highest BCUT2D eigenvalue weighted by atomic mass is 16.5. The van der Waals surface area contributed by atoms with Crippen molar-refractivity contribution in [2.75, 3.05) is 16.5 Å². The van der Waals surface area contributed by atoms with Crippen molar-refractivity contribution in [3.8, 4) is 73.1 Å². The quantitative estimate of drug-likeness (QED) is 0.173. The maximum absolute atomic E-state index is 9.82. The van der Waals surface area contributed by atoms with Crippen molar-refractivity contribution in [2.24, 2.45) is 0 Å². The molecule has 69 heavy (non-hydrogen) atoms. The Hall–Kier alpha value is -8.67. The first-order valence-corrected chi connectivity index (χ1v) is 23.0. The second-order valence-corrected chi connectivity index (χ2v) is 18.5. The fourth-order valence-electron chi connectivity index (χ4n) is 9.84. The van der Waals surface area contributed by atoms with Gasteiger partial charge in [0, 0.05) is 45.3 Å². The number of benzene rings is 9. The molecule has 13 rings (SSSR count). The van der Waals surface area contributed by atoms with E-state index in [-0.39, 0.29) is 56.4 Å². The van der Waals surface area contributed by atoms with Gasteiger partial charge in [-0.2, -0.15) is 0 Å². The molecule has 0 N–H and O–H groups in total. The molecule has 0 saturated carbocycles. The highest BCUT2D eigenvalue weighted by molar-refractivity contribution is 6.11. The Labute approximate surface area is 416 Å². The molecule has 2 aliphatic rings. The Morgan fingerprint density at radius 3 is 2.06 bits per heavy atom. The molecule has 0 spiro atoms. The van der Waals surface area contributed by atoms with Gasteiger partial charge in [0.25, 0.3) is 0 Å². The third kappa shape index (κ3) is 6.96. The molecule has 11 aromatic rings. The molecule has 2 aromatic heterocycles. The first-order valence-electron chi connectivity index (χ1n) is 28.0. The third-order valence-corrected chi connectivity index (χ3v) is 13.2. The summed E-state index contributed by atoms with van der Waals surface area (Å²) in [5.41, 5.74) is 11.7. The molecule has 0 aliphatic carbocycles. The zero-order valence-electron chi connectivity index (χ0n) is 48.0. The van der Waals surface area contributed by atoms with Crippen LogP contribution in [0.4, 0.5) is 22.7 Å². The van der Waals surface area contributed by atoms with Gasteiger partial charge < -0.3 is 14.5 Å². The van der Waals surface area contributed by atoms with Crippen LogP contribution in [0.15, 0.2) is 224 Å². The van der Waals surface area contributed by atoms with Crippen LogP contribution in [0.5, 0.6) is 11.5 Å². The summed E-state index contributed by atoms with van der Waals surface area (Å²) in [7, 11) is 0. The van der Waals surface area contributed by atoms with E-state index >= 15 is 0 Å². The summed E-state index contributed by atoms with van der Waals surface area (Å²) in [4.78, 5) is 9.89. The Bertz CT molecular complexity index is 4370. The molecule has 5 heteroatoms. The summed E-state index contributed by atoms with van der Waals surface area (Å²) in [6.07, 6.45) is 0. The van der Waals surface area contributed by atoms with E-state index in [1.165, 1.54) is 5.56 Å². The standard InChI is InChI=1S/C64H48N4O/c1-64(2,3)47-37-54(43-19-8-5-9-20-43)63-56(38-47)52-26-11-10-25-51(52)45-21-14-22-46(35-45)57-27-16-30-62(65-57)68-58-34-31-44(42-17-6-4-7-18-42)36-55(58)53-33-32-50(40-61(53)68)69-49-24-15-23-48(39-49)66-41-67(63)60-29-13-12-28-59(60)66/h4-40H,41H2,1-3H3/i4D,6D,7D,17D,18D,31D,32D,33D,34D,36D. The minimum Gasteiger partial charge on any atom is -0.457 e. The molecular formula is C64H48N4O. The summed E-state index contributed by atoms with van der Waals surface area (Å²) >= 11 is 0. The van der Waals surface area contributed by atoms with Crippen LogP contribution in [-0.4, -0.2) is 16.2 Å². The van der Waals surface area contributed by atoms with Crippen molar-refractivity contribution < 1.29 is 18.4 Å². The van der Waals surface area contributed by atoms with E-state index in [4.69, 9.17) is 16.6 Å². The number of pyridine rings is 1. The Morgan fingerprint density at radius 1 is 0.493 bits per heavy atom. The lowest BCUT2D eigenvalue weighted by atomic mass is 9.81. The Morgan fingerprint density at radius 2 is 1.22 bits per heavy atom. The number of para-hydroxylation sites is 2. The van der Waals surface area contributed by atoms with Gasteiger partial charge in [0.05, 0.1) is 47.5 Å². The average Bonchev–Trinajstić information content (AvgIpc) is 3.78. The van der Waals surface area contributed by atoms with Gasteiger partial charge in [-0.05, 0) is 123 Å². The van der Waals surface area contributed by atoms with Crippen LogP contribution in [0.2, 0.25) is 0 Å². The van der Waals surface area contributed by atoms with Crippen molar-refractivity contribution in [3.63, 3.8) is 0 Å². The number of hydrogen-bond acceptors (Lipinski definition) is 4. The molecule has 5 nitrogen and oxygen atoms in total. The first-order chi connectivity index (χ1) is 38.0. The number of anilines is 4. The molecule has 0 amide bonds.